The van der Waals surface area contributed by atoms with Gasteiger partial charge in [0.25, 0.3) is 0 Å². The molecule has 0 atom stereocenters. The molecule has 0 aliphatic rings. The number of anilines is 2. The lowest BCUT2D eigenvalue weighted by Gasteiger charge is -2.16. The van der Waals surface area contributed by atoms with E-state index in [0.29, 0.717) is 11.8 Å². The van der Waals surface area contributed by atoms with Crippen molar-refractivity contribution in [1.82, 2.24) is 9.97 Å². The van der Waals surface area contributed by atoms with E-state index in [-0.39, 0.29) is 6.54 Å². The van der Waals surface area contributed by atoms with Crippen LogP contribution in [-0.4, -0.2) is 29.5 Å². The van der Waals surface area contributed by atoms with Crippen molar-refractivity contribution < 1.29 is 4.79 Å². The Morgan fingerprint density at radius 3 is 2.80 bits per heavy atom. The van der Waals surface area contributed by atoms with Crippen LogP contribution in [0.4, 0.5) is 11.8 Å². The Hall–Kier alpha value is -1.89. The quantitative estimate of drug-likeness (QED) is 0.434. The van der Waals surface area contributed by atoms with E-state index in [1.54, 1.807) is 18.0 Å². The number of nitrogens with one attached hydrogen (secondary N) is 1. The smallest absolute Gasteiger partial charge is 0.239 e. The fraction of sp³-hybridized carbons (Fsp3) is 0.375. The highest BCUT2D eigenvalue weighted by Gasteiger charge is 2.07. The van der Waals surface area contributed by atoms with Crippen LogP contribution >= 0.6 is 0 Å². The summed E-state index contributed by atoms with van der Waals surface area (Å²) >= 11 is 0. The van der Waals surface area contributed by atoms with Gasteiger partial charge in [-0.3, -0.25) is 10.2 Å². The van der Waals surface area contributed by atoms with E-state index in [1.165, 1.54) is 0 Å². The minimum atomic E-state index is -0.420. The van der Waals surface area contributed by atoms with E-state index >= 15 is 0 Å². The number of hydrogen-bond donors (Lipinski definition) is 3. The van der Waals surface area contributed by atoms with Crippen LogP contribution in [0.1, 0.15) is 5.69 Å². The average molecular weight is 210 g/mol. The van der Waals surface area contributed by atoms with E-state index in [2.05, 4.69) is 15.4 Å². The van der Waals surface area contributed by atoms with Crippen molar-refractivity contribution in [3.63, 3.8) is 0 Å². The Kier molecular flexibility index (Phi) is 3.40. The number of hydrogen-bond acceptors (Lipinski definition) is 6. The number of aryl methyl sites for hydroxylation is 1. The van der Waals surface area contributed by atoms with Gasteiger partial charge < -0.3 is 10.6 Å². The number of likely N-dealkylation sites (N-methyl/N-ethyl adjacent to an activating group) is 1. The predicted octanol–water partition coefficient (Wildman–Crippen LogP) is -1.01. The highest BCUT2D eigenvalue weighted by molar-refractivity contribution is 5.79. The first-order chi connectivity index (χ1) is 7.02. The number of nitrogens with two attached hydrogens (primary N) is 2. The molecule has 1 amide bonds. The average Bonchev–Trinajstić information content (AvgIpc) is 2.15. The van der Waals surface area contributed by atoms with Gasteiger partial charge in [-0.25, -0.2) is 10.8 Å². The zero-order valence-electron chi connectivity index (χ0n) is 8.69. The second-order valence-corrected chi connectivity index (χ2v) is 3.16. The van der Waals surface area contributed by atoms with Gasteiger partial charge in [-0.05, 0) is 6.92 Å². The van der Waals surface area contributed by atoms with Crippen molar-refractivity contribution in [3.05, 3.63) is 11.8 Å². The van der Waals surface area contributed by atoms with Crippen molar-refractivity contribution in [2.45, 2.75) is 6.92 Å². The minimum Gasteiger partial charge on any atom is -0.368 e. The summed E-state index contributed by atoms with van der Waals surface area (Å²) < 4.78 is 0. The molecule has 0 aliphatic heterocycles. The number of hydrazine groups is 1. The van der Waals surface area contributed by atoms with E-state index < -0.39 is 5.91 Å². The summed E-state index contributed by atoms with van der Waals surface area (Å²) in [6, 6.07) is 1.74. The third kappa shape index (κ3) is 3.06. The van der Waals surface area contributed by atoms with Crippen LogP contribution in [0.5, 0.6) is 0 Å². The van der Waals surface area contributed by atoms with Gasteiger partial charge in [0.1, 0.15) is 5.82 Å². The van der Waals surface area contributed by atoms with Gasteiger partial charge in [-0.1, -0.05) is 0 Å². The number of aromatic nitrogens is 2. The molecule has 1 heterocycles. The highest BCUT2D eigenvalue weighted by atomic mass is 16.1. The highest BCUT2D eigenvalue weighted by Crippen LogP contribution is 2.12. The standard InChI is InChI=1S/C8H14N6O/c1-5-3-7(12-8(11-5)13-10)14(2)4-6(9)15/h3H,4,10H2,1-2H3,(H2,9,15)(H,11,12,13). The molecule has 1 aromatic rings. The number of nitrogen functional groups attached to an aromatic ring is 1. The summed E-state index contributed by atoms with van der Waals surface area (Å²) in [4.78, 5) is 20.4. The Balaban J connectivity index is 2.92. The summed E-state index contributed by atoms with van der Waals surface area (Å²) in [7, 11) is 1.72. The fourth-order valence-corrected chi connectivity index (χ4v) is 1.13. The molecule has 82 valence electrons. The van der Waals surface area contributed by atoms with Gasteiger partial charge >= 0.3 is 0 Å². The summed E-state index contributed by atoms with van der Waals surface area (Å²) in [5.41, 5.74) is 8.18. The summed E-state index contributed by atoms with van der Waals surface area (Å²) in [5, 5.41) is 0. The topological polar surface area (TPSA) is 110 Å². The maximum Gasteiger partial charge on any atom is 0.239 e. The van der Waals surface area contributed by atoms with Gasteiger partial charge in [0.2, 0.25) is 11.9 Å². The first kappa shape index (κ1) is 11.2. The van der Waals surface area contributed by atoms with Crippen LogP contribution in [0.3, 0.4) is 0 Å². The van der Waals surface area contributed by atoms with Gasteiger partial charge in [-0.15, -0.1) is 0 Å². The maximum absolute atomic E-state index is 10.7. The summed E-state index contributed by atoms with van der Waals surface area (Å²) in [6.45, 7) is 1.91. The molecule has 15 heavy (non-hydrogen) atoms. The number of amides is 1. The number of carbonyl (C=O) groups excluding carboxylic acids is 1. The van der Waals surface area contributed by atoms with E-state index in [4.69, 9.17) is 11.6 Å². The van der Waals surface area contributed by atoms with Crippen LogP contribution < -0.4 is 21.9 Å². The molecule has 7 heteroatoms. The Morgan fingerprint density at radius 1 is 1.60 bits per heavy atom. The molecule has 0 unspecified atom stereocenters. The van der Waals surface area contributed by atoms with Gasteiger partial charge in [0.05, 0.1) is 6.54 Å². The van der Waals surface area contributed by atoms with Crippen molar-refractivity contribution in [2.75, 3.05) is 23.9 Å². The van der Waals surface area contributed by atoms with Gasteiger partial charge in [0, 0.05) is 18.8 Å². The normalized spacial score (nSPS) is 9.80. The predicted molar refractivity (Wildman–Crippen MR) is 57.0 cm³/mol. The van der Waals surface area contributed by atoms with Crippen LogP contribution in [0, 0.1) is 6.92 Å². The minimum absolute atomic E-state index is 0.0977. The maximum atomic E-state index is 10.7. The summed E-state index contributed by atoms with van der Waals surface area (Å²) in [5.74, 6) is 5.68. The molecule has 0 aliphatic carbocycles. The van der Waals surface area contributed by atoms with E-state index in [1.807, 2.05) is 6.92 Å². The second-order valence-electron chi connectivity index (χ2n) is 3.16. The molecule has 0 fully saturated rings. The lowest BCUT2D eigenvalue weighted by atomic mass is 10.4. The van der Waals surface area contributed by atoms with E-state index in [9.17, 15) is 4.79 Å². The molecular weight excluding hydrogens is 196 g/mol. The fourth-order valence-electron chi connectivity index (χ4n) is 1.13. The molecule has 0 aromatic carbocycles. The summed E-state index contributed by atoms with van der Waals surface area (Å²) in [6.07, 6.45) is 0. The van der Waals surface area contributed by atoms with Crippen molar-refractivity contribution in [2.24, 2.45) is 11.6 Å². The molecule has 0 saturated heterocycles. The first-order valence-electron chi connectivity index (χ1n) is 4.34. The SMILES string of the molecule is Cc1cc(N(C)CC(N)=O)nc(NN)n1. The first-order valence-corrected chi connectivity index (χ1v) is 4.34. The number of carbonyl (C=O) groups is 1. The molecule has 7 nitrogen and oxygen atoms in total. The Morgan fingerprint density at radius 2 is 2.27 bits per heavy atom. The molecule has 0 radical (unpaired) electrons. The Labute approximate surface area is 87.5 Å². The molecule has 1 rings (SSSR count). The number of primary amides is 1. The molecule has 0 spiro atoms. The number of nitrogens with zero attached hydrogens (tertiary/aromatic N) is 3. The second kappa shape index (κ2) is 4.56. The lowest BCUT2D eigenvalue weighted by molar-refractivity contribution is -0.116. The van der Waals surface area contributed by atoms with E-state index in [0.717, 1.165) is 5.69 Å². The van der Waals surface area contributed by atoms with Crippen LogP contribution in [-0.2, 0) is 4.79 Å². The van der Waals surface area contributed by atoms with Gasteiger partial charge in [0.15, 0.2) is 0 Å². The molecule has 1 aromatic heterocycles. The molecule has 5 N–H and O–H groups in total. The Bertz CT molecular complexity index is 366. The molecule has 0 bridgehead atoms. The van der Waals surface area contributed by atoms with Crippen LogP contribution in [0.25, 0.3) is 0 Å². The molecule has 0 saturated carbocycles. The van der Waals surface area contributed by atoms with Crippen molar-refractivity contribution in [1.29, 1.82) is 0 Å². The number of rotatable bonds is 4. The zero-order valence-corrected chi connectivity index (χ0v) is 8.69. The third-order valence-electron chi connectivity index (χ3n) is 1.75. The van der Waals surface area contributed by atoms with Crippen LogP contribution in [0.2, 0.25) is 0 Å². The van der Waals surface area contributed by atoms with Crippen LogP contribution in [0.15, 0.2) is 6.07 Å². The lowest BCUT2D eigenvalue weighted by Crippen LogP contribution is -2.31. The zero-order chi connectivity index (χ0) is 11.4. The van der Waals surface area contributed by atoms with Crippen molar-refractivity contribution in [3.8, 4) is 0 Å². The third-order valence-corrected chi connectivity index (χ3v) is 1.75. The monoisotopic (exact) mass is 210 g/mol. The van der Waals surface area contributed by atoms with Gasteiger partial charge in [-0.2, -0.15) is 4.98 Å². The largest absolute Gasteiger partial charge is 0.368 e. The van der Waals surface area contributed by atoms with Crippen molar-refractivity contribution >= 4 is 17.7 Å². The molecular formula is C8H14N6O.